The van der Waals surface area contributed by atoms with E-state index < -0.39 is 29.4 Å². The van der Waals surface area contributed by atoms with Gasteiger partial charge in [-0.2, -0.15) is 0 Å². The normalized spacial score (nSPS) is 26.8. The van der Waals surface area contributed by atoms with Crippen molar-refractivity contribution in [2.45, 2.75) is 45.3 Å². The van der Waals surface area contributed by atoms with E-state index in [1.54, 1.807) is 11.8 Å². The molecular formula is C23H32N4O5. The second-order valence-electron chi connectivity index (χ2n) is 8.19. The molecule has 0 radical (unpaired) electrons. The predicted octanol–water partition coefficient (Wildman–Crippen LogP) is 1.13. The van der Waals surface area contributed by atoms with Crippen molar-refractivity contribution in [3.63, 3.8) is 0 Å². The first-order valence-electron chi connectivity index (χ1n) is 11.1. The van der Waals surface area contributed by atoms with Crippen LogP contribution in [0.3, 0.4) is 0 Å². The van der Waals surface area contributed by atoms with E-state index in [1.807, 2.05) is 44.2 Å². The monoisotopic (exact) mass is 444 g/mol. The lowest BCUT2D eigenvalue weighted by Gasteiger charge is -2.32. The van der Waals surface area contributed by atoms with Crippen LogP contribution in [0.15, 0.2) is 30.3 Å². The zero-order chi connectivity index (χ0) is 23.5. The van der Waals surface area contributed by atoms with E-state index in [0.29, 0.717) is 13.1 Å². The summed E-state index contributed by atoms with van der Waals surface area (Å²) in [6.45, 7) is 6.71. The molecule has 4 atom stereocenters. The Labute approximate surface area is 188 Å². The molecule has 2 aliphatic heterocycles. The molecule has 174 valence electrons. The summed E-state index contributed by atoms with van der Waals surface area (Å²) in [5.41, 5.74) is -0.487. The number of hydrogen-bond donors (Lipinski definition) is 2. The first kappa shape index (κ1) is 23.7. The Morgan fingerprint density at radius 3 is 2.41 bits per heavy atom. The SMILES string of the molecule is CCNC(=O)N(CC)C[C@H]1N[C@@](CC)(C(=O)OC)[C@H]2C(=O)N(Cc3ccccc3)C(=O)[C@@H]12. The van der Waals surface area contributed by atoms with E-state index in [0.717, 1.165) is 5.56 Å². The summed E-state index contributed by atoms with van der Waals surface area (Å²) in [5.74, 6) is -2.91. The third kappa shape index (κ3) is 3.97. The molecule has 1 aromatic carbocycles. The largest absolute Gasteiger partial charge is 0.468 e. The zero-order valence-electron chi connectivity index (χ0n) is 19.1. The lowest BCUT2D eigenvalue weighted by molar-refractivity contribution is -0.154. The minimum atomic E-state index is -1.32. The smallest absolute Gasteiger partial charge is 0.326 e. The third-order valence-electron chi connectivity index (χ3n) is 6.55. The molecule has 9 nitrogen and oxygen atoms in total. The summed E-state index contributed by atoms with van der Waals surface area (Å²) < 4.78 is 5.06. The van der Waals surface area contributed by atoms with E-state index in [2.05, 4.69) is 10.6 Å². The highest BCUT2D eigenvalue weighted by Crippen LogP contribution is 2.45. The van der Waals surface area contributed by atoms with Gasteiger partial charge in [-0.15, -0.1) is 0 Å². The standard InChI is InChI=1S/C23H32N4O5/c1-5-23(21(30)32-4)18-17(16(25-23)14-26(7-3)22(31)24-6-2)19(28)27(20(18)29)13-15-11-9-8-10-12-15/h8-12,16-18,25H,5-7,13-14H2,1-4H3,(H,24,31)/t16-,17+,18-,23-/m1/s1. The molecule has 4 amide bonds. The van der Waals surface area contributed by atoms with Crippen molar-refractivity contribution in [2.75, 3.05) is 26.7 Å². The molecule has 2 aliphatic rings. The molecule has 0 spiro atoms. The zero-order valence-corrected chi connectivity index (χ0v) is 19.1. The number of esters is 1. The van der Waals surface area contributed by atoms with Crippen molar-refractivity contribution in [2.24, 2.45) is 11.8 Å². The van der Waals surface area contributed by atoms with Crippen LogP contribution in [0.2, 0.25) is 0 Å². The number of carbonyl (C=O) groups excluding carboxylic acids is 4. The van der Waals surface area contributed by atoms with Crippen LogP contribution < -0.4 is 10.6 Å². The van der Waals surface area contributed by atoms with Crippen molar-refractivity contribution >= 4 is 23.8 Å². The van der Waals surface area contributed by atoms with Crippen molar-refractivity contribution in [3.05, 3.63) is 35.9 Å². The Morgan fingerprint density at radius 1 is 1.16 bits per heavy atom. The van der Waals surface area contributed by atoms with Gasteiger partial charge in [0.05, 0.1) is 25.5 Å². The number of benzene rings is 1. The maximum atomic E-state index is 13.5. The van der Waals surface area contributed by atoms with Crippen molar-refractivity contribution < 1.29 is 23.9 Å². The molecule has 0 aromatic heterocycles. The fourth-order valence-electron chi connectivity index (χ4n) is 4.96. The number of methoxy groups -OCH3 is 1. The Bertz CT molecular complexity index is 876. The summed E-state index contributed by atoms with van der Waals surface area (Å²) in [6.07, 6.45) is 0.281. The number of rotatable bonds is 8. The molecule has 0 unspecified atom stereocenters. The molecule has 2 N–H and O–H groups in total. The molecule has 2 saturated heterocycles. The number of fused-ring (bicyclic) bond motifs is 1. The van der Waals surface area contributed by atoms with Gasteiger partial charge in [0.1, 0.15) is 5.54 Å². The fourth-order valence-corrected chi connectivity index (χ4v) is 4.96. The number of carbonyl (C=O) groups is 4. The lowest BCUT2D eigenvalue weighted by Crippen LogP contribution is -2.58. The second-order valence-corrected chi connectivity index (χ2v) is 8.19. The van der Waals surface area contributed by atoms with Crippen molar-refractivity contribution in [3.8, 4) is 0 Å². The predicted molar refractivity (Wildman–Crippen MR) is 117 cm³/mol. The number of urea groups is 1. The van der Waals surface area contributed by atoms with Crippen LogP contribution in [0.5, 0.6) is 0 Å². The van der Waals surface area contributed by atoms with Crippen LogP contribution in [0, 0.1) is 11.8 Å². The lowest BCUT2D eigenvalue weighted by atomic mass is 9.78. The highest BCUT2D eigenvalue weighted by atomic mass is 16.5. The van der Waals surface area contributed by atoms with E-state index in [4.69, 9.17) is 4.74 Å². The minimum Gasteiger partial charge on any atom is -0.468 e. The number of amides is 4. The maximum absolute atomic E-state index is 13.5. The fraction of sp³-hybridized carbons (Fsp3) is 0.565. The highest BCUT2D eigenvalue weighted by molar-refractivity contribution is 6.09. The van der Waals surface area contributed by atoms with Crippen LogP contribution in [-0.4, -0.2) is 71.9 Å². The average molecular weight is 445 g/mol. The number of hydrogen-bond acceptors (Lipinski definition) is 6. The number of nitrogens with one attached hydrogen (secondary N) is 2. The first-order chi connectivity index (χ1) is 15.3. The third-order valence-corrected chi connectivity index (χ3v) is 6.55. The van der Waals surface area contributed by atoms with Gasteiger partial charge >= 0.3 is 12.0 Å². The minimum absolute atomic E-state index is 0.146. The van der Waals surface area contributed by atoms with Crippen LogP contribution >= 0.6 is 0 Å². The van der Waals surface area contributed by atoms with Crippen LogP contribution in [0.25, 0.3) is 0 Å². The van der Waals surface area contributed by atoms with E-state index in [9.17, 15) is 19.2 Å². The topological polar surface area (TPSA) is 108 Å². The van der Waals surface area contributed by atoms with Gasteiger partial charge in [0, 0.05) is 25.7 Å². The van der Waals surface area contributed by atoms with Crippen molar-refractivity contribution in [1.82, 2.24) is 20.4 Å². The molecule has 0 saturated carbocycles. The second kappa shape index (κ2) is 9.68. The van der Waals surface area contributed by atoms with Gasteiger partial charge in [0.2, 0.25) is 11.8 Å². The molecule has 32 heavy (non-hydrogen) atoms. The number of likely N-dealkylation sites (N-methyl/N-ethyl adjacent to an activating group) is 1. The van der Waals surface area contributed by atoms with Gasteiger partial charge in [0.15, 0.2) is 0 Å². The molecule has 2 heterocycles. The number of nitrogens with zero attached hydrogens (tertiary/aromatic N) is 2. The van der Waals surface area contributed by atoms with Gasteiger partial charge in [-0.25, -0.2) is 4.79 Å². The van der Waals surface area contributed by atoms with Gasteiger partial charge in [-0.05, 0) is 25.8 Å². The summed E-state index contributed by atoms with van der Waals surface area (Å²) >= 11 is 0. The Morgan fingerprint density at radius 2 is 1.84 bits per heavy atom. The molecular weight excluding hydrogens is 412 g/mol. The first-order valence-corrected chi connectivity index (χ1v) is 11.1. The Balaban J connectivity index is 1.97. The number of imide groups is 1. The maximum Gasteiger partial charge on any atom is 0.326 e. The van der Waals surface area contributed by atoms with Gasteiger partial charge in [-0.1, -0.05) is 37.3 Å². The molecule has 3 rings (SSSR count). The highest BCUT2D eigenvalue weighted by Gasteiger charge is 2.67. The number of ether oxygens (including phenoxy) is 1. The van der Waals surface area contributed by atoms with E-state index in [1.165, 1.54) is 12.0 Å². The summed E-state index contributed by atoms with van der Waals surface area (Å²) in [4.78, 5) is 55.2. The van der Waals surface area contributed by atoms with Gasteiger partial charge in [-0.3, -0.25) is 24.6 Å². The van der Waals surface area contributed by atoms with Gasteiger partial charge < -0.3 is 15.0 Å². The molecule has 1 aromatic rings. The molecule has 0 aliphatic carbocycles. The van der Waals surface area contributed by atoms with E-state index in [-0.39, 0.29) is 37.4 Å². The average Bonchev–Trinajstić information content (AvgIpc) is 3.27. The molecule has 9 heteroatoms. The van der Waals surface area contributed by atoms with Crippen LogP contribution in [0.4, 0.5) is 4.79 Å². The molecule has 2 fully saturated rings. The van der Waals surface area contributed by atoms with Crippen LogP contribution in [-0.2, 0) is 25.7 Å². The Kier molecular flexibility index (Phi) is 7.18. The summed E-state index contributed by atoms with van der Waals surface area (Å²) in [6, 6.07) is 8.46. The number of likely N-dealkylation sites (tertiary alicyclic amines) is 1. The summed E-state index contributed by atoms with van der Waals surface area (Å²) in [5, 5.41) is 6.01. The summed E-state index contributed by atoms with van der Waals surface area (Å²) in [7, 11) is 1.28. The van der Waals surface area contributed by atoms with E-state index >= 15 is 0 Å². The quantitative estimate of drug-likeness (QED) is 0.460. The van der Waals surface area contributed by atoms with Crippen LogP contribution in [0.1, 0.15) is 32.8 Å². The molecule has 0 bridgehead atoms. The van der Waals surface area contributed by atoms with Gasteiger partial charge in [0.25, 0.3) is 0 Å². The van der Waals surface area contributed by atoms with Crippen molar-refractivity contribution in [1.29, 1.82) is 0 Å². The Hall–Kier alpha value is -2.94.